The molecule has 7 nitrogen and oxygen atoms in total. The molecule has 138 valence electrons. The van der Waals surface area contributed by atoms with Gasteiger partial charge >= 0.3 is 0 Å². The molecule has 1 aliphatic rings. The third kappa shape index (κ3) is 4.69. The van der Waals surface area contributed by atoms with Gasteiger partial charge in [0.1, 0.15) is 5.69 Å². The van der Waals surface area contributed by atoms with Gasteiger partial charge in [-0.1, -0.05) is 19.8 Å². The van der Waals surface area contributed by atoms with E-state index in [0.717, 1.165) is 25.7 Å². The summed E-state index contributed by atoms with van der Waals surface area (Å²) in [6.07, 6.45) is 3.28. The van der Waals surface area contributed by atoms with Crippen LogP contribution >= 0.6 is 0 Å². The largest absolute Gasteiger partial charge is 0.392 e. The molecule has 1 aromatic carbocycles. The molecule has 1 fully saturated rings. The molecular formula is C18H27N3O4. The topological polar surface area (TPSA) is 104 Å². The van der Waals surface area contributed by atoms with E-state index in [1.807, 2.05) is 20.8 Å². The predicted octanol–water partition coefficient (Wildman–Crippen LogP) is 3.09. The van der Waals surface area contributed by atoms with Gasteiger partial charge in [-0.05, 0) is 38.8 Å². The second-order valence-corrected chi connectivity index (χ2v) is 7.39. The lowest BCUT2D eigenvalue weighted by atomic mass is 9.73. The summed E-state index contributed by atoms with van der Waals surface area (Å²) < 4.78 is 0. The van der Waals surface area contributed by atoms with Crippen LogP contribution in [0.2, 0.25) is 0 Å². The highest BCUT2D eigenvalue weighted by Crippen LogP contribution is 2.37. The molecule has 0 aromatic heterocycles. The van der Waals surface area contributed by atoms with Gasteiger partial charge in [0.25, 0.3) is 11.6 Å². The normalized spacial score (nSPS) is 23.3. The van der Waals surface area contributed by atoms with Crippen molar-refractivity contribution in [3.05, 3.63) is 33.9 Å². The van der Waals surface area contributed by atoms with E-state index in [-0.39, 0.29) is 28.6 Å². The zero-order valence-electron chi connectivity index (χ0n) is 15.0. The van der Waals surface area contributed by atoms with Crippen molar-refractivity contribution in [1.29, 1.82) is 0 Å². The Bertz CT molecular complexity index is 647. The van der Waals surface area contributed by atoms with Crippen molar-refractivity contribution in [2.24, 2.45) is 5.41 Å². The first-order chi connectivity index (χ1) is 11.7. The average Bonchev–Trinajstić information content (AvgIpc) is 2.55. The fourth-order valence-corrected chi connectivity index (χ4v) is 3.20. The van der Waals surface area contributed by atoms with E-state index in [4.69, 9.17) is 0 Å². The van der Waals surface area contributed by atoms with Gasteiger partial charge in [0.05, 0.1) is 11.0 Å². The van der Waals surface area contributed by atoms with E-state index in [2.05, 4.69) is 10.6 Å². The molecule has 0 aliphatic heterocycles. The lowest BCUT2D eigenvalue weighted by Crippen LogP contribution is -2.41. The van der Waals surface area contributed by atoms with Gasteiger partial charge in [-0.15, -0.1) is 0 Å². The number of aliphatic hydroxyl groups excluding tert-OH is 1. The van der Waals surface area contributed by atoms with Crippen molar-refractivity contribution < 1.29 is 14.8 Å². The van der Waals surface area contributed by atoms with E-state index >= 15 is 0 Å². The highest BCUT2D eigenvalue weighted by molar-refractivity contribution is 5.95. The van der Waals surface area contributed by atoms with Gasteiger partial charge in [-0.25, -0.2) is 0 Å². The molecule has 2 atom stereocenters. The van der Waals surface area contributed by atoms with Crippen LogP contribution in [-0.4, -0.2) is 34.6 Å². The molecule has 0 heterocycles. The first-order valence-corrected chi connectivity index (χ1v) is 8.74. The SMILES string of the molecule is CC(C)NC(=O)c1ccc(NCC2(C)CCCCC2O)c([N+](=O)[O-])c1. The molecule has 25 heavy (non-hydrogen) atoms. The summed E-state index contributed by atoms with van der Waals surface area (Å²) >= 11 is 0. The summed E-state index contributed by atoms with van der Waals surface area (Å²) in [7, 11) is 0. The minimum absolute atomic E-state index is 0.0444. The van der Waals surface area contributed by atoms with E-state index in [9.17, 15) is 20.0 Å². The number of carbonyl (C=O) groups excluding carboxylic acids is 1. The van der Waals surface area contributed by atoms with Crippen LogP contribution in [0.15, 0.2) is 18.2 Å². The number of rotatable bonds is 6. The van der Waals surface area contributed by atoms with Crippen LogP contribution in [0.3, 0.4) is 0 Å². The molecule has 1 saturated carbocycles. The smallest absolute Gasteiger partial charge is 0.293 e. The number of nitro groups is 1. The third-order valence-electron chi connectivity index (χ3n) is 4.84. The van der Waals surface area contributed by atoms with Gasteiger partial charge < -0.3 is 15.7 Å². The number of benzene rings is 1. The minimum atomic E-state index is -0.492. The van der Waals surface area contributed by atoms with Crippen LogP contribution < -0.4 is 10.6 Å². The van der Waals surface area contributed by atoms with Crippen molar-refractivity contribution in [3.63, 3.8) is 0 Å². The second-order valence-electron chi connectivity index (χ2n) is 7.39. The van der Waals surface area contributed by atoms with Gasteiger partial charge in [-0.2, -0.15) is 0 Å². The highest BCUT2D eigenvalue weighted by Gasteiger charge is 2.35. The average molecular weight is 349 g/mol. The van der Waals surface area contributed by atoms with Crippen LogP contribution in [0.5, 0.6) is 0 Å². The quantitative estimate of drug-likeness (QED) is 0.541. The number of carbonyl (C=O) groups is 1. The predicted molar refractivity (Wildman–Crippen MR) is 96.8 cm³/mol. The molecule has 0 spiro atoms. The standard InChI is InChI=1S/C18H27N3O4/c1-12(2)20-17(23)13-7-8-14(15(10-13)21(24)25)19-11-18(3)9-5-4-6-16(18)22/h7-8,10,12,16,19,22H,4-6,9,11H2,1-3H3,(H,20,23). The number of nitrogens with one attached hydrogen (secondary N) is 2. The maximum absolute atomic E-state index is 12.1. The number of amides is 1. The lowest BCUT2D eigenvalue weighted by molar-refractivity contribution is -0.384. The van der Waals surface area contributed by atoms with E-state index in [1.165, 1.54) is 6.07 Å². The van der Waals surface area contributed by atoms with E-state index < -0.39 is 11.0 Å². The fourth-order valence-electron chi connectivity index (χ4n) is 3.20. The zero-order chi connectivity index (χ0) is 18.6. The fraction of sp³-hybridized carbons (Fsp3) is 0.611. The molecule has 2 rings (SSSR count). The summed E-state index contributed by atoms with van der Waals surface area (Å²) in [6.45, 7) is 6.11. The second kappa shape index (κ2) is 7.82. The summed E-state index contributed by atoms with van der Waals surface area (Å²) in [6, 6.07) is 4.38. The zero-order valence-corrected chi connectivity index (χ0v) is 15.0. The Morgan fingerprint density at radius 1 is 1.44 bits per heavy atom. The van der Waals surface area contributed by atoms with Crippen LogP contribution in [0.25, 0.3) is 0 Å². The van der Waals surface area contributed by atoms with E-state index in [0.29, 0.717) is 12.2 Å². The number of nitrogens with zero attached hydrogens (tertiary/aromatic N) is 1. The molecule has 7 heteroatoms. The maximum Gasteiger partial charge on any atom is 0.293 e. The molecule has 2 unspecified atom stereocenters. The van der Waals surface area contributed by atoms with Crippen molar-refractivity contribution in [1.82, 2.24) is 5.32 Å². The first kappa shape index (κ1) is 19.2. The van der Waals surface area contributed by atoms with E-state index in [1.54, 1.807) is 12.1 Å². The number of anilines is 1. The Morgan fingerprint density at radius 2 is 2.16 bits per heavy atom. The Labute approximate surface area is 148 Å². The van der Waals surface area contributed by atoms with Crippen LogP contribution in [0.4, 0.5) is 11.4 Å². The van der Waals surface area contributed by atoms with Gasteiger partial charge in [0.15, 0.2) is 0 Å². The highest BCUT2D eigenvalue weighted by atomic mass is 16.6. The summed E-state index contributed by atoms with van der Waals surface area (Å²) in [5.74, 6) is -0.334. The monoisotopic (exact) mass is 349 g/mol. The molecule has 1 aromatic rings. The Hall–Kier alpha value is -2.15. The molecule has 1 amide bonds. The van der Waals surface area contributed by atoms with Gasteiger partial charge in [0, 0.05) is 29.6 Å². The summed E-state index contributed by atoms with van der Waals surface area (Å²) in [5.41, 5.74) is 0.185. The molecular weight excluding hydrogens is 322 g/mol. The number of nitro benzene ring substituents is 1. The van der Waals surface area contributed by atoms with Gasteiger partial charge in [-0.3, -0.25) is 14.9 Å². The summed E-state index contributed by atoms with van der Waals surface area (Å²) in [4.78, 5) is 23.0. The van der Waals surface area contributed by atoms with Crippen molar-refractivity contribution >= 4 is 17.3 Å². The lowest BCUT2D eigenvalue weighted by Gasteiger charge is -2.38. The first-order valence-electron chi connectivity index (χ1n) is 8.74. The van der Waals surface area contributed by atoms with Crippen molar-refractivity contribution in [3.8, 4) is 0 Å². The Morgan fingerprint density at radius 3 is 2.76 bits per heavy atom. The van der Waals surface area contributed by atoms with Crippen molar-refractivity contribution in [2.75, 3.05) is 11.9 Å². The molecule has 0 radical (unpaired) electrons. The molecule has 0 saturated heterocycles. The minimum Gasteiger partial charge on any atom is -0.392 e. The number of hydrogen-bond donors (Lipinski definition) is 3. The maximum atomic E-state index is 12.1. The van der Waals surface area contributed by atoms with Crippen LogP contribution in [0, 0.1) is 15.5 Å². The third-order valence-corrected chi connectivity index (χ3v) is 4.84. The summed E-state index contributed by atoms with van der Waals surface area (Å²) in [5, 5.41) is 27.5. The molecule has 0 bridgehead atoms. The van der Waals surface area contributed by atoms with Crippen molar-refractivity contribution in [2.45, 2.75) is 58.6 Å². The van der Waals surface area contributed by atoms with Crippen LogP contribution in [0.1, 0.15) is 56.8 Å². The number of aliphatic hydroxyl groups is 1. The van der Waals surface area contributed by atoms with Crippen LogP contribution in [-0.2, 0) is 0 Å². The molecule has 3 N–H and O–H groups in total. The Balaban J connectivity index is 2.17. The molecule has 1 aliphatic carbocycles. The van der Waals surface area contributed by atoms with Gasteiger partial charge in [0.2, 0.25) is 0 Å². The number of hydrogen-bond acceptors (Lipinski definition) is 5. The Kier molecular flexibility index (Phi) is 6.00.